The molecule has 1 aliphatic rings. The number of benzene rings is 2. The summed E-state index contributed by atoms with van der Waals surface area (Å²) in [5.74, 6) is -1.82. The van der Waals surface area contributed by atoms with Crippen molar-refractivity contribution in [3.8, 4) is 0 Å². The van der Waals surface area contributed by atoms with Gasteiger partial charge in [0, 0.05) is 5.69 Å². The fraction of sp³-hybridized carbons (Fsp3) is 0.190. The van der Waals surface area contributed by atoms with Crippen molar-refractivity contribution in [2.24, 2.45) is 0 Å². The maximum absolute atomic E-state index is 12.9. The molecule has 0 aromatic heterocycles. The van der Waals surface area contributed by atoms with Gasteiger partial charge in [-0.15, -0.1) is 0 Å². The lowest BCUT2D eigenvalue weighted by atomic mass is 10.2. The Hall–Kier alpha value is -2.54. The predicted molar refractivity (Wildman–Crippen MR) is 117 cm³/mol. The molecular formula is C21H17Cl3N2O4. The van der Waals surface area contributed by atoms with E-state index in [1.165, 1.54) is 24.3 Å². The van der Waals surface area contributed by atoms with Gasteiger partial charge in [-0.2, -0.15) is 0 Å². The summed E-state index contributed by atoms with van der Waals surface area (Å²) < 4.78 is 5.19. The Kier molecular flexibility index (Phi) is 7.02. The van der Waals surface area contributed by atoms with Crippen molar-refractivity contribution in [3.05, 3.63) is 68.8 Å². The van der Waals surface area contributed by atoms with E-state index < -0.39 is 17.8 Å². The van der Waals surface area contributed by atoms with Crippen molar-refractivity contribution < 1.29 is 19.1 Å². The van der Waals surface area contributed by atoms with Crippen LogP contribution in [0.5, 0.6) is 0 Å². The number of hydrogen-bond donors (Lipinski definition) is 1. The number of hydrogen-bond acceptors (Lipinski definition) is 5. The van der Waals surface area contributed by atoms with Crippen molar-refractivity contribution in [1.82, 2.24) is 0 Å². The van der Waals surface area contributed by atoms with Gasteiger partial charge in [-0.25, -0.2) is 9.69 Å². The van der Waals surface area contributed by atoms with Crippen LogP contribution in [-0.4, -0.2) is 24.4 Å². The van der Waals surface area contributed by atoms with Gasteiger partial charge in [0.15, 0.2) is 0 Å². The number of nitrogens with one attached hydrogen (secondary N) is 1. The number of carbonyl (C=O) groups excluding carboxylic acids is 3. The van der Waals surface area contributed by atoms with Gasteiger partial charge in [0.1, 0.15) is 10.7 Å². The summed E-state index contributed by atoms with van der Waals surface area (Å²) in [7, 11) is 0. The van der Waals surface area contributed by atoms with Crippen LogP contribution in [0.15, 0.2) is 53.2 Å². The topological polar surface area (TPSA) is 75.7 Å². The fourth-order valence-electron chi connectivity index (χ4n) is 2.73. The number of carbonyl (C=O) groups is 3. The van der Waals surface area contributed by atoms with E-state index in [1.807, 2.05) is 6.92 Å². The van der Waals surface area contributed by atoms with Gasteiger partial charge in [-0.05, 0) is 42.8 Å². The number of unbranched alkanes of at least 4 members (excludes halogenated alkanes) is 1. The minimum atomic E-state index is -0.697. The number of imide groups is 1. The lowest BCUT2D eigenvalue weighted by Gasteiger charge is -2.16. The van der Waals surface area contributed by atoms with Crippen molar-refractivity contribution >= 4 is 64.0 Å². The van der Waals surface area contributed by atoms with Crippen LogP contribution >= 0.6 is 34.8 Å². The zero-order valence-corrected chi connectivity index (χ0v) is 18.1. The monoisotopic (exact) mass is 466 g/mol. The minimum Gasteiger partial charge on any atom is -0.462 e. The summed E-state index contributed by atoms with van der Waals surface area (Å²) in [6.07, 6.45) is 1.68. The lowest BCUT2D eigenvalue weighted by Crippen LogP contribution is -2.32. The molecule has 0 fully saturated rings. The Morgan fingerprint density at radius 2 is 1.80 bits per heavy atom. The van der Waals surface area contributed by atoms with Crippen LogP contribution < -0.4 is 10.2 Å². The largest absolute Gasteiger partial charge is 0.462 e. The molecule has 156 valence electrons. The minimum absolute atomic E-state index is 0.107. The van der Waals surface area contributed by atoms with Crippen molar-refractivity contribution in [1.29, 1.82) is 0 Å². The average molecular weight is 468 g/mol. The quantitative estimate of drug-likeness (QED) is 0.336. The Morgan fingerprint density at radius 1 is 1.03 bits per heavy atom. The van der Waals surface area contributed by atoms with Crippen LogP contribution in [0.25, 0.3) is 0 Å². The number of halogens is 3. The molecule has 30 heavy (non-hydrogen) atoms. The Morgan fingerprint density at radius 3 is 2.50 bits per heavy atom. The van der Waals surface area contributed by atoms with E-state index in [1.54, 1.807) is 18.2 Å². The van der Waals surface area contributed by atoms with Crippen molar-refractivity contribution in [3.63, 3.8) is 0 Å². The molecule has 2 amide bonds. The van der Waals surface area contributed by atoms with Crippen LogP contribution in [0, 0.1) is 0 Å². The van der Waals surface area contributed by atoms with Gasteiger partial charge in [0.2, 0.25) is 0 Å². The predicted octanol–water partition coefficient (Wildman–Crippen LogP) is 5.39. The summed E-state index contributed by atoms with van der Waals surface area (Å²) in [5, 5.41) is 3.04. The Bertz CT molecular complexity index is 1050. The third kappa shape index (κ3) is 4.61. The average Bonchev–Trinajstić information content (AvgIpc) is 2.94. The summed E-state index contributed by atoms with van der Waals surface area (Å²) in [6.45, 7) is 2.33. The molecule has 0 spiro atoms. The molecule has 2 aromatic rings. The first kappa shape index (κ1) is 22.2. The van der Waals surface area contributed by atoms with E-state index in [9.17, 15) is 14.4 Å². The SMILES string of the molecule is CCCCOC(=O)c1cccc(NC2=C(Cl)C(=O)N(c3ccc(Cl)c(Cl)c3)C2=O)c1. The van der Waals surface area contributed by atoms with Gasteiger partial charge >= 0.3 is 5.97 Å². The van der Waals surface area contributed by atoms with Crippen molar-refractivity contribution in [2.75, 3.05) is 16.8 Å². The molecule has 3 rings (SSSR count). The van der Waals surface area contributed by atoms with Gasteiger partial charge in [-0.3, -0.25) is 9.59 Å². The van der Waals surface area contributed by atoms with Gasteiger partial charge in [-0.1, -0.05) is 54.2 Å². The molecule has 1 N–H and O–H groups in total. The highest BCUT2D eigenvalue weighted by molar-refractivity contribution is 6.53. The highest BCUT2D eigenvalue weighted by atomic mass is 35.5. The molecule has 1 heterocycles. The third-order valence-corrected chi connectivity index (χ3v) is 5.38. The lowest BCUT2D eigenvalue weighted by molar-refractivity contribution is -0.120. The molecule has 0 radical (unpaired) electrons. The molecule has 0 saturated carbocycles. The molecule has 0 bridgehead atoms. The van der Waals surface area contributed by atoms with Gasteiger partial charge < -0.3 is 10.1 Å². The van der Waals surface area contributed by atoms with E-state index >= 15 is 0 Å². The van der Waals surface area contributed by atoms with E-state index in [-0.39, 0.29) is 21.4 Å². The van der Waals surface area contributed by atoms with E-state index in [0.717, 1.165) is 17.7 Å². The molecular weight excluding hydrogens is 451 g/mol. The first-order valence-corrected chi connectivity index (χ1v) is 10.2. The zero-order valence-electron chi connectivity index (χ0n) is 15.9. The summed E-state index contributed by atoms with van der Waals surface area (Å²) in [5.41, 5.74) is 0.850. The van der Waals surface area contributed by atoms with Crippen LogP contribution in [0.1, 0.15) is 30.1 Å². The van der Waals surface area contributed by atoms with Crippen LogP contribution in [0.3, 0.4) is 0 Å². The molecule has 0 saturated heterocycles. The van der Waals surface area contributed by atoms with E-state index in [4.69, 9.17) is 39.5 Å². The number of amides is 2. The molecule has 2 aromatic carbocycles. The van der Waals surface area contributed by atoms with Crippen LogP contribution in [-0.2, 0) is 14.3 Å². The van der Waals surface area contributed by atoms with Gasteiger partial charge in [0.25, 0.3) is 11.8 Å². The number of nitrogens with zero attached hydrogens (tertiary/aromatic N) is 1. The third-order valence-electron chi connectivity index (χ3n) is 4.29. The second kappa shape index (κ2) is 9.51. The molecule has 6 nitrogen and oxygen atoms in total. The maximum Gasteiger partial charge on any atom is 0.338 e. The standard InChI is InChI=1S/C21H17Cl3N2O4/c1-2-3-9-30-21(29)12-5-4-6-13(10-12)25-18-17(24)19(27)26(20(18)28)14-7-8-15(22)16(23)11-14/h4-8,10-11,25H,2-3,9H2,1H3. The zero-order chi connectivity index (χ0) is 21.8. The van der Waals surface area contributed by atoms with Crippen LogP contribution in [0.2, 0.25) is 10.0 Å². The fourth-order valence-corrected chi connectivity index (χ4v) is 3.24. The summed E-state index contributed by atoms with van der Waals surface area (Å²) >= 11 is 18.0. The summed E-state index contributed by atoms with van der Waals surface area (Å²) in [6, 6.07) is 10.8. The highest BCUT2D eigenvalue weighted by Crippen LogP contribution is 2.33. The second-order valence-electron chi connectivity index (χ2n) is 6.43. The Balaban J connectivity index is 1.80. The highest BCUT2D eigenvalue weighted by Gasteiger charge is 2.39. The molecule has 0 aliphatic carbocycles. The smallest absolute Gasteiger partial charge is 0.338 e. The van der Waals surface area contributed by atoms with E-state index in [2.05, 4.69) is 5.32 Å². The number of rotatable bonds is 7. The summed E-state index contributed by atoms with van der Waals surface area (Å²) in [4.78, 5) is 38.5. The maximum atomic E-state index is 12.9. The molecule has 9 heteroatoms. The molecule has 1 aliphatic heterocycles. The second-order valence-corrected chi connectivity index (χ2v) is 7.62. The first-order valence-electron chi connectivity index (χ1n) is 9.11. The number of esters is 1. The Labute approximate surface area is 188 Å². The van der Waals surface area contributed by atoms with Crippen LogP contribution in [0.4, 0.5) is 11.4 Å². The molecule has 0 atom stereocenters. The van der Waals surface area contributed by atoms with Crippen molar-refractivity contribution in [2.45, 2.75) is 19.8 Å². The van der Waals surface area contributed by atoms with Gasteiger partial charge in [0.05, 0.1) is 27.9 Å². The number of ether oxygens (including phenoxy) is 1. The van der Waals surface area contributed by atoms with E-state index in [0.29, 0.717) is 22.9 Å². The number of anilines is 2. The first-order chi connectivity index (χ1) is 14.3. The molecule has 0 unspecified atom stereocenters. The normalized spacial score (nSPS) is 13.8.